The van der Waals surface area contributed by atoms with Gasteiger partial charge in [0, 0.05) is 30.4 Å². The zero-order chi connectivity index (χ0) is 20.0. The smallest absolute Gasteiger partial charge is 0.243 e. The number of nitrogens with one attached hydrogen (secondary N) is 1. The minimum atomic E-state index is -3.57. The SMILES string of the molecule is COc1cccc(NCC(=O)c2cccc(S(=O)(=O)N3CCCCCC3)c2)c1. The molecule has 0 saturated carbocycles. The van der Waals surface area contributed by atoms with Gasteiger partial charge in [0.15, 0.2) is 5.78 Å². The van der Waals surface area contributed by atoms with E-state index in [0.717, 1.165) is 31.4 Å². The van der Waals surface area contributed by atoms with E-state index in [2.05, 4.69) is 5.32 Å². The minimum Gasteiger partial charge on any atom is -0.497 e. The van der Waals surface area contributed by atoms with Crippen molar-refractivity contribution < 1.29 is 17.9 Å². The molecule has 3 rings (SSSR count). The van der Waals surface area contributed by atoms with Crippen molar-refractivity contribution in [1.82, 2.24) is 4.31 Å². The molecule has 2 aromatic rings. The molecule has 1 N–H and O–H groups in total. The topological polar surface area (TPSA) is 75.7 Å². The minimum absolute atomic E-state index is 0.0698. The molecule has 28 heavy (non-hydrogen) atoms. The number of anilines is 1. The van der Waals surface area contributed by atoms with Crippen molar-refractivity contribution in [2.75, 3.05) is 32.1 Å². The second-order valence-electron chi connectivity index (χ2n) is 6.85. The van der Waals surface area contributed by atoms with Crippen LogP contribution in [-0.2, 0) is 10.0 Å². The number of Topliss-reactive ketones (excluding diaryl/α,β-unsaturated/α-hetero) is 1. The average molecular weight is 403 g/mol. The quantitative estimate of drug-likeness (QED) is 0.717. The van der Waals surface area contributed by atoms with Gasteiger partial charge in [0.05, 0.1) is 18.6 Å². The van der Waals surface area contributed by atoms with E-state index in [4.69, 9.17) is 4.74 Å². The van der Waals surface area contributed by atoms with E-state index < -0.39 is 10.0 Å². The van der Waals surface area contributed by atoms with Gasteiger partial charge in [-0.05, 0) is 37.1 Å². The standard InChI is InChI=1S/C21H26N2O4S/c1-27-19-10-7-9-18(15-19)22-16-21(24)17-8-6-11-20(14-17)28(25,26)23-12-4-2-3-5-13-23/h6-11,14-15,22H,2-5,12-13,16H2,1H3. The highest BCUT2D eigenvalue weighted by molar-refractivity contribution is 7.89. The van der Waals surface area contributed by atoms with Crippen molar-refractivity contribution in [3.05, 3.63) is 54.1 Å². The van der Waals surface area contributed by atoms with Crippen LogP contribution in [0.2, 0.25) is 0 Å². The average Bonchev–Trinajstić information content (AvgIpc) is 3.02. The summed E-state index contributed by atoms with van der Waals surface area (Å²) in [6, 6.07) is 13.6. The van der Waals surface area contributed by atoms with Gasteiger partial charge in [0.2, 0.25) is 10.0 Å². The molecule has 6 nitrogen and oxygen atoms in total. The number of rotatable bonds is 7. The number of methoxy groups -OCH3 is 1. The zero-order valence-corrected chi connectivity index (χ0v) is 16.9. The van der Waals surface area contributed by atoms with Crippen LogP contribution < -0.4 is 10.1 Å². The lowest BCUT2D eigenvalue weighted by Gasteiger charge is -2.20. The number of hydrogen-bond donors (Lipinski definition) is 1. The molecular weight excluding hydrogens is 376 g/mol. The van der Waals surface area contributed by atoms with Crippen LogP contribution in [0.4, 0.5) is 5.69 Å². The number of nitrogens with zero attached hydrogens (tertiary/aromatic N) is 1. The molecule has 150 valence electrons. The van der Waals surface area contributed by atoms with Crippen molar-refractivity contribution in [2.24, 2.45) is 0 Å². The number of carbonyl (C=O) groups is 1. The summed E-state index contributed by atoms with van der Waals surface area (Å²) in [6.07, 6.45) is 3.87. The first kappa shape index (κ1) is 20.4. The van der Waals surface area contributed by atoms with Crippen molar-refractivity contribution in [3.63, 3.8) is 0 Å². The lowest BCUT2D eigenvalue weighted by molar-refractivity contribution is 0.101. The Morgan fingerprint density at radius 3 is 2.46 bits per heavy atom. The third-order valence-corrected chi connectivity index (χ3v) is 6.78. The second kappa shape index (κ2) is 9.21. The van der Waals surface area contributed by atoms with Crippen LogP contribution in [0.5, 0.6) is 5.75 Å². The molecule has 2 aromatic carbocycles. The van der Waals surface area contributed by atoms with Crippen LogP contribution in [0, 0.1) is 0 Å². The van der Waals surface area contributed by atoms with E-state index in [-0.39, 0.29) is 17.2 Å². The van der Waals surface area contributed by atoms with E-state index in [0.29, 0.717) is 24.4 Å². The van der Waals surface area contributed by atoms with Crippen LogP contribution >= 0.6 is 0 Å². The second-order valence-corrected chi connectivity index (χ2v) is 8.79. The number of ether oxygens (including phenoxy) is 1. The van der Waals surface area contributed by atoms with Gasteiger partial charge in [0.1, 0.15) is 5.75 Å². The molecule has 1 fully saturated rings. The maximum Gasteiger partial charge on any atom is 0.243 e. The van der Waals surface area contributed by atoms with E-state index >= 15 is 0 Å². The summed E-state index contributed by atoms with van der Waals surface area (Å²) >= 11 is 0. The number of carbonyl (C=O) groups excluding carboxylic acids is 1. The number of hydrogen-bond acceptors (Lipinski definition) is 5. The molecule has 1 saturated heterocycles. The van der Waals surface area contributed by atoms with Gasteiger partial charge in [-0.25, -0.2) is 8.42 Å². The summed E-state index contributed by atoms with van der Waals surface area (Å²) in [7, 11) is -1.99. The van der Waals surface area contributed by atoms with Crippen LogP contribution in [0.15, 0.2) is 53.4 Å². The van der Waals surface area contributed by atoms with Gasteiger partial charge < -0.3 is 10.1 Å². The number of benzene rings is 2. The predicted molar refractivity (Wildman–Crippen MR) is 109 cm³/mol. The van der Waals surface area contributed by atoms with Gasteiger partial charge in [-0.2, -0.15) is 4.31 Å². The molecule has 0 aliphatic carbocycles. The Labute approximate surface area is 166 Å². The van der Waals surface area contributed by atoms with Crippen molar-refractivity contribution >= 4 is 21.5 Å². The van der Waals surface area contributed by atoms with Gasteiger partial charge in [-0.3, -0.25) is 4.79 Å². The molecule has 0 atom stereocenters. The van der Waals surface area contributed by atoms with Gasteiger partial charge in [0.25, 0.3) is 0 Å². The number of sulfonamides is 1. The molecule has 1 heterocycles. The molecule has 0 bridgehead atoms. The van der Waals surface area contributed by atoms with Crippen molar-refractivity contribution in [2.45, 2.75) is 30.6 Å². The first-order valence-electron chi connectivity index (χ1n) is 9.52. The Morgan fingerprint density at radius 1 is 1.04 bits per heavy atom. The van der Waals surface area contributed by atoms with Gasteiger partial charge in [-0.15, -0.1) is 0 Å². The first-order chi connectivity index (χ1) is 13.5. The van der Waals surface area contributed by atoms with Crippen molar-refractivity contribution in [3.8, 4) is 5.75 Å². The van der Waals surface area contributed by atoms with Crippen LogP contribution in [0.25, 0.3) is 0 Å². The summed E-state index contributed by atoms with van der Waals surface area (Å²) in [5.74, 6) is 0.527. The monoisotopic (exact) mass is 402 g/mol. The highest BCUT2D eigenvalue weighted by Crippen LogP contribution is 2.22. The maximum atomic E-state index is 12.9. The fourth-order valence-electron chi connectivity index (χ4n) is 3.28. The third-order valence-electron chi connectivity index (χ3n) is 4.88. The molecular formula is C21H26N2O4S. The molecule has 1 aliphatic heterocycles. The van der Waals surface area contributed by atoms with E-state index in [9.17, 15) is 13.2 Å². The summed E-state index contributed by atoms with van der Waals surface area (Å²) in [5, 5.41) is 3.06. The van der Waals surface area contributed by atoms with E-state index in [1.165, 1.54) is 10.4 Å². The fourth-order valence-corrected chi connectivity index (χ4v) is 4.84. The zero-order valence-electron chi connectivity index (χ0n) is 16.1. The third kappa shape index (κ3) is 4.91. The van der Waals surface area contributed by atoms with Gasteiger partial charge >= 0.3 is 0 Å². The summed E-state index contributed by atoms with van der Waals surface area (Å²) in [5.41, 5.74) is 1.15. The lowest BCUT2D eigenvalue weighted by Crippen LogP contribution is -2.32. The van der Waals surface area contributed by atoms with Crippen molar-refractivity contribution in [1.29, 1.82) is 0 Å². The van der Waals surface area contributed by atoms with Gasteiger partial charge in [-0.1, -0.05) is 31.0 Å². The molecule has 0 radical (unpaired) electrons. The normalized spacial score (nSPS) is 15.6. The molecule has 0 aromatic heterocycles. The molecule has 1 aliphatic rings. The van der Waals surface area contributed by atoms with Crippen LogP contribution in [0.3, 0.4) is 0 Å². The first-order valence-corrected chi connectivity index (χ1v) is 11.0. The summed E-state index contributed by atoms with van der Waals surface area (Å²) < 4.78 is 32.6. The summed E-state index contributed by atoms with van der Waals surface area (Å²) in [6.45, 7) is 1.15. The molecule has 0 amide bonds. The molecule has 7 heteroatoms. The Bertz CT molecular complexity index is 920. The van der Waals surface area contributed by atoms with Crippen LogP contribution in [0.1, 0.15) is 36.0 Å². The maximum absolute atomic E-state index is 12.9. The Morgan fingerprint density at radius 2 is 1.75 bits per heavy atom. The highest BCUT2D eigenvalue weighted by atomic mass is 32.2. The lowest BCUT2D eigenvalue weighted by atomic mass is 10.1. The van der Waals surface area contributed by atoms with E-state index in [1.807, 2.05) is 18.2 Å². The fraction of sp³-hybridized carbons (Fsp3) is 0.381. The summed E-state index contributed by atoms with van der Waals surface area (Å²) in [4.78, 5) is 12.8. The number of ketones is 1. The molecule has 0 unspecified atom stereocenters. The predicted octanol–water partition coefficient (Wildman–Crippen LogP) is 3.55. The Hall–Kier alpha value is -2.38. The highest BCUT2D eigenvalue weighted by Gasteiger charge is 2.25. The van der Waals surface area contributed by atoms with Crippen LogP contribution in [-0.4, -0.2) is 45.3 Å². The Balaban J connectivity index is 1.72. The molecule has 0 spiro atoms. The Kier molecular flexibility index (Phi) is 6.70. The van der Waals surface area contributed by atoms with E-state index in [1.54, 1.807) is 31.4 Å². The largest absolute Gasteiger partial charge is 0.497 e.